The number of nitrogens with zero attached hydrogens (tertiary/aromatic N) is 2. The molecule has 0 unspecified atom stereocenters. The maximum absolute atomic E-state index is 13.7. The Morgan fingerprint density at radius 3 is 2.55 bits per heavy atom. The van der Waals surface area contributed by atoms with Crippen molar-refractivity contribution in [1.29, 1.82) is 0 Å². The minimum Gasteiger partial charge on any atom is -0.338 e. The summed E-state index contributed by atoms with van der Waals surface area (Å²) in [5, 5.41) is 3.25. The van der Waals surface area contributed by atoms with Crippen molar-refractivity contribution in [3.63, 3.8) is 0 Å². The molecule has 0 aliphatic carbocycles. The van der Waals surface area contributed by atoms with E-state index in [1.165, 1.54) is 6.07 Å². The highest BCUT2D eigenvalue weighted by Gasteiger charge is 2.19. The first-order valence-electron chi connectivity index (χ1n) is 6.03. The Hall–Kier alpha value is -1.20. The SMILES string of the molecule is CC(C)(C)c1nc(Cl)cc(Nc2cc(Br)ccc2F)n1. The maximum Gasteiger partial charge on any atom is 0.146 e. The number of hydrogen-bond donors (Lipinski definition) is 1. The van der Waals surface area contributed by atoms with E-state index in [0.717, 1.165) is 4.47 Å². The minimum absolute atomic E-state index is 0.239. The molecule has 1 N–H and O–H groups in total. The highest BCUT2D eigenvalue weighted by atomic mass is 79.9. The minimum atomic E-state index is -0.361. The first-order chi connectivity index (χ1) is 9.25. The van der Waals surface area contributed by atoms with Gasteiger partial charge in [-0.25, -0.2) is 14.4 Å². The van der Waals surface area contributed by atoms with Crippen molar-refractivity contribution >= 4 is 39.0 Å². The Kier molecular flexibility index (Phi) is 4.30. The molecule has 6 heteroatoms. The molecule has 0 aliphatic rings. The molecule has 0 amide bonds. The largest absolute Gasteiger partial charge is 0.338 e. The Morgan fingerprint density at radius 1 is 1.20 bits per heavy atom. The van der Waals surface area contributed by atoms with Gasteiger partial charge in [-0.15, -0.1) is 0 Å². The van der Waals surface area contributed by atoms with E-state index < -0.39 is 0 Å². The molecule has 0 saturated heterocycles. The molecular weight excluding hydrogens is 345 g/mol. The fourth-order valence-corrected chi connectivity index (χ4v) is 2.09. The molecule has 0 fully saturated rings. The maximum atomic E-state index is 13.7. The first-order valence-corrected chi connectivity index (χ1v) is 7.20. The van der Waals surface area contributed by atoms with Crippen LogP contribution >= 0.6 is 27.5 Å². The molecule has 106 valence electrons. The summed E-state index contributed by atoms with van der Waals surface area (Å²) in [7, 11) is 0. The van der Waals surface area contributed by atoms with Crippen molar-refractivity contribution in [3.8, 4) is 0 Å². The second-order valence-electron chi connectivity index (χ2n) is 5.40. The van der Waals surface area contributed by atoms with E-state index in [9.17, 15) is 4.39 Å². The molecule has 2 aromatic rings. The average molecular weight is 359 g/mol. The standard InChI is InChI=1S/C14H14BrClFN3/c1-14(2,3)13-19-11(16)7-12(20-13)18-10-6-8(15)4-5-9(10)17/h4-7H,1-3H3,(H,18,19,20). The summed E-state index contributed by atoms with van der Waals surface area (Å²) >= 11 is 9.30. The van der Waals surface area contributed by atoms with Crippen LogP contribution in [-0.2, 0) is 5.41 Å². The molecule has 20 heavy (non-hydrogen) atoms. The van der Waals surface area contributed by atoms with Crippen LogP contribution in [0.3, 0.4) is 0 Å². The number of hydrogen-bond acceptors (Lipinski definition) is 3. The van der Waals surface area contributed by atoms with Crippen LogP contribution in [0.15, 0.2) is 28.7 Å². The van der Waals surface area contributed by atoms with E-state index >= 15 is 0 Å². The van der Waals surface area contributed by atoms with E-state index in [2.05, 4.69) is 31.2 Å². The van der Waals surface area contributed by atoms with Crippen LogP contribution in [0, 0.1) is 5.82 Å². The molecule has 2 rings (SSSR count). The summed E-state index contributed by atoms with van der Waals surface area (Å²) in [6, 6.07) is 6.22. The van der Waals surface area contributed by atoms with Gasteiger partial charge in [-0.2, -0.15) is 0 Å². The molecule has 0 bridgehead atoms. The predicted octanol–water partition coefficient (Wildman–Crippen LogP) is 5.07. The van der Waals surface area contributed by atoms with Gasteiger partial charge in [0, 0.05) is 16.0 Å². The van der Waals surface area contributed by atoms with Crippen molar-refractivity contribution < 1.29 is 4.39 Å². The van der Waals surface area contributed by atoms with Crippen molar-refractivity contribution in [2.75, 3.05) is 5.32 Å². The van der Waals surface area contributed by atoms with Crippen LogP contribution < -0.4 is 5.32 Å². The van der Waals surface area contributed by atoms with Crippen molar-refractivity contribution in [2.24, 2.45) is 0 Å². The topological polar surface area (TPSA) is 37.8 Å². The van der Waals surface area contributed by atoms with Crippen LogP contribution in [0.5, 0.6) is 0 Å². The van der Waals surface area contributed by atoms with Gasteiger partial charge in [0.1, 0.15) is 22.6 Å². The van der Waals surface area contributed by atoms with Gasteiger partial charge in [-0.1, -0.05) is 48.3 Å². The van der Waals surface area contributed by atoms with Crippen molar-refractivity contribution in [1.82, 2.24) is 9.97 Å². The Labute approximate surface area is 130 Å². The van der Waals surface area contributed by atoms with Crippen molar-refractivity contribution in [2.45, 2.75) is 26.2 Å². The van der Waals surface area contributed by atoms with Gasteiger partial charge in [0.25, 0.3) is 0 Å². The molecule has 0 atom stereocenters. The van der Waals surface area contributed by atoms with Crippen LogP contribution in [0.4, 0.5) is 15.9 Å². The quantitative estimate of drug-likeness (QED) is 0.761. The van der Waals surface area contributed by atoms with Gasteiger partial charge < -0.3 is 5.32 Å². The summed E-state index contributed by atoms with van der Waals surface area (Å²) in [4.78, 5) is 8.58. The van der Waals surface area contributed by atoms with E-state index in [-0.39, 0.29) is 11.2 Å². The average Bonchev–Trinajstić information content (AvgIpc) is 2.32. The zero-order chi connectivity index (χ0) is 14.9. The van der Waals surface area contributed by atoms with Gasteiger partial charge in [-0.05, 0) is 18.2 Å². The molecule has 0 radical (unpaired) electrons. The Balaban J connectivity index is 2.39. The van der Waals surface area contributed by atoms with E-state index in [1.807, 2.05) is 20.8 Å². The highest BCUT2D eigenvalue weighted by Crippen LogP contribution is 2.26. The second-order valence-corrected chi connectivity index (χ2v) is 6.70. The third-order valence-corrected chi connectivity index (χ3v) is 3.24. The van der Waals surface area contributed by atoms with Crippen molar-refractivity contribution in [3.05, 3.63) is 45.5 Å². The lowest BCUT2D eigenvalue weighted by molar-refractivity contribution is 0.546. The third kappa shape index (κ3) is 3.67. The van der Waals surface area contributed by atoms with E-state index in [1.54, 1.807) is 18.2 Å². The molecule has 1 heterocycles. The summed E-state index contributed by atoms with van der Waals surface area (Å²) in [6.45, 7) is 5.96. The molecule has 1 aromatic heterocycles. The zero-order valence-electron chi connectivity index (χ0n) is 11.3. The smallest absolute Gasteiger partial charge is 0.146 e. The third-order valence-electron chi connectivity index (χ3n) is 2.56. The summed E-state index contributed by atoms with van der Waals surface area (Å²) in [5.74, 6) is 0.704. The molecule has 0 saturated carbocycles. The number of rotatable bonds is 2. The Morgan fingerprint density at radius 2 is 1.90 bits per heavy atom. The zero-order valence-corrected chi connectivity index (χ0v) is 13.7. The Bertz CT molecular complexity index is 641. The predicted molar refractivity (Wildman–Crippen MR) is 83.1 cm³/mol. The summed E-state index contributed by atoms with van der Waals surface area (Å²) in [5.41, 5.74) is 0.0888. The lowest BCUT2D eigenvalue weighted by atomic mass is 9.96. The number of halogens is 3. The number of nitrogens with one attached hydrogen (secondary N) is 1. The van der Waals surface area contributed by atoms with Crippen LogP contribution in [0.25, 0.3) is 0 Å². The first kappa shape index (κ1) is 15.2. The van der Waals surface area contributed by atoms with E-state index in [0.29, 0.717) is 22.5 Å². The lowest BCUT2D eigenvalue weighted by Crippen LogP contribution is -2.16. The monoisotopic (exact) mass is 357 g/mol. The fourth-order valence-electron chi connectivity index (χ4n) is 1.55. The van der Waals surface area contributed by atoms with Gasteiger partial charge >= 0.3 is 0 Å². The van der Waals surface area contributed by atoms with Gasteiger partial charge in [0.2, 0.25) is 0 Å². The van der Waals surface area contributed by atoms with Gasteiger partial charge in [-0.3, -0.25) is 0 Å². The molecular formula is C14H14BrClFN3. The molecule has 1 aromatic carbocycles. The van der Waals surface area contributed by atoms with Crippen LogP contribution in [0.1, 0.15) is 26.6 Å². The van der Waals surface area contributed by atoms with Gasteiger partial charge in [0.15, 0.2) is 0 Å². The summed E-state index contributed by atoms with van der Waals surface area (Å²) in [6.07, 6.45) is 0. The summed E-state index contributed by atoms with van der Waals surface area (Å²) < 4.78 is 14.5. The van der Waals surface area contributed by atoms with E-state index in [4.69, 9.17) is 11.6 Å². The van der Waals surface area contributed by atoms with Gasteiger partial charge in [0.05, 0.1) is 5.69 Å². The van der Waals surface area contributed by atoms with Crippen LogP contribution in [0.2, 0.25) is 5.15 Å². The lowest BCUT2D eigenvalue weighted by Gasteiger charge is -2.18. The second kappa shape index (κ2) is 5.66. The molecule has 3 nitrogen and oxygen atoms in total. The number of benzene rings is 1. The molecule has 0 spiro atoms. The van der Waals surface area contributed by atoms with Crippen LogP contribution in [-0.4, -0.2) is 9.97 Å². The number of anilines is 2. The number of aromatic nitrogens is 2. The molecule has 0 aliphatic heterocycles. The normalized spacial score (nSPS) is 11.5. The fraction of sp³-hybridized carbons (Fsp3) is 0.286. The highest BCUT2D eigenvalue weighted by molar-refractivity contribution is 9.10.